The quantitative estimate of drug-likeness (QED) is 0.526. The molecule has 1 aliphatic carbocycles. The molecule has 0 bridgehead atoms. The maximum Gasteiger partial charge on any atom is 0.0661 e. The van der Waals surface area contributed by atoms with Crippen molar-refractivity contribution in [3.63, 3.8) is 0 Å². The molecule has 1 aliphatic rings. The summed E-state index contributed by atoms with van der Waals surface area (Å²) in [6.45, 7) is 0. The summed E-state index contributed by atoms with van der Waals surface area (Å²) >= 11 is 0. The molecule has 1 saturated carbocycles. The molecule has 0 unspecified atom stereocenters. The van der Waals surface area contributed by atoms with Gasteiger partial charge in [-0.25, -0.2) is 0 Å². The van der Waals surface area contributed by atoms with Gasteiger partial charge in [0.15, 0.2) is 0 Å². The third kappa shape index (κ3) is 1.54. The van der Waals surface area contributed by atoms with Crippen molar-refractivity contribution in [2.75, 3.05) is 0 Å². The van der Waals surface area contributed by atoms with Gasteiger partial charge >= 0.3 is 0 Å². The zero-order valence-electron chi connectivity index (χ0n) is 7.35. The summed E-state index contributed by atoms with van der Waals surface area (Å²) in [7, 11) is 0. The zero-order valence-corrected chi connectivity index (χ0v) is 7.35. The lowest BCUT2D eigenvalue weighted by Gasteiger charge is -2.07. The van der Waals surface area contributed by atoms with Crippen LogP contribution in [0, 0.1) is 0 Å². The van der Waals surface area contributed by atoms with Gasteiger partial charge in [0.2, 0.25) is 0 Å². The topological polar surface area (TPSA) is 45.5 Å². The van der Waals surface area contributed by atoms with Gasteiger partial charge in [-0.05, 0) is 31.4 Å². The van der Waals surface area contributed by atoms with Gasteiger partial charge in [0.1, 0.15) is 0 Å². The molecule has 0 aliphatic heterocycles. The van der Waals surface area contributed by atoms with Crippen LogP contribution in [-0.4, -0.2) is 15.9 Å². The second-order valence-electron chi connectivity index (χ2n) is 3.29. The van der Waals surface area contributed by atoms with Crippen LogP contribution in [0.4, 0.5) is 0 Å². The smallest absolute Gasteiger partial charge is 0.0661 e. The van der Waals surface area contributed by atoms with Crippen LogP contribution >= 0.6 is 0 Å². The van der Waals surface area contributed by atoms with E-state index in [4.69, 9.17) is 5.21 Å². The molecule has 0 amide bonds. The van der Waals surface area contributed by atoms with Crippen molar-refractivity contribution < 1.29 is 5.21 Å². The second-order valence-corrected chi connectivity index (χ2v) is 3.29. The molecule has 1 heterocycles. The molecular weight excluding hydrogens is 164 g/mol. The highest BCUT2D eigenvalue weighted by atomic mass is 16.4. The van der Waals surface area contributed by atoms with Crippen molar-refractivity contribution in [3.05, 3.63) is 30.1 Å². The minimum absolute atomic E-state index is 0.242. The van der Waals surface area contributed by atoms with Crippen LogP contribution in [0.5, 0.6) is 0 Å². The van der Waals surface area contributed by atoms with Crippen LogP contribution in [0.25, 0.3) is 0 Å². The molecule has 1 aromatic rings. The highest BCUT2D eigenvalue weighted by Gasteiger charge is 2.25. The van der Waals surface area contributed by atoms with Gasteiger partial charge in [0.25, 0.3) is 0 Å². The van der Waals surface area contributed by atoms with Gasteiger partial charge in [-0.2, -0.15) is 0 Å². The first kappa shape index (κ1) is 8.23. The Balaban J connectivity index is 2.27. The predicted octanol–water partition coefficient (Wildman–Crippen LogP) is 2.18. The third-order valence-corrected chi connectivity index (χ3v) is 2.50. The van der Waals surface area contributed by atoms with E-state index in [9.17, 15) is 0 Å². The van der Waals surface area contributed by atoms with Crippen LogP contribution in [0.1, 0.15) is 30.9 Å². The van der Waals surface area contributed by atoms with E-state index in [0.717, 1.165) is 30.7 Å². The molecule has 68 valence electrons. The lowest BCUT2D eigenvalue weighted by atomic mass is 10.0. The molecule has 1 N–H and O–H groups in total. The lowest BCUT2D eigenvalue weighted by Crippen LogP contribution is -2.06. The molecule has 0 radical (unpaired) electrons. The Morgan fingerprint density at radius 3 is 3.08 bits per heavy atom. The minimum atomic E-state index is 0.242. The Morgan fingerprint density at radius 1 is 1.46 bits per heavy atom. The first-order valence-electron chi connectivity index (χ1n) is 4.53. The molecule has 1 aromatic heterocycles. The minimum Gasteiger partial charge on any atom is -0.411 e. The summed E-state index contributed by atoms with van der Waals surface area (Å²) in [5.41, 5.74) is 1.89. The van der Waals surface area contributed by atoms with Crippen molar-refractivity contribution in [2.24, 2.45) is 5.16 Å². The summed E-state index contributed by atoms with van der Waals surface area (Å²) in [4.78, 5) is 4.27. The van der Waals surface area contributed by atoms with Gasteiger partial charge in [-0.3, -0.25) is 4.98 Å². The van der Waals surface area contributed by atoms with Crippen LogP contribution in [-0.2, 0) is 0 Å². The summed E-state index contributed by atoms with van der Waals surface area (Å²) < 4.78 is 0. The van der Waals surface area contributed by atoms with Crippen molar-refractivity contribution in [2.45, 2.75) is 25.2 Å². The van der Waals surface area contributed by atoms with Gasteiger partial charge in [-0.1, -0.05) is 11.2 Å². The number of nitrogens with zero attached hydrogens (tertiary/aromatic N) is 2. The Labute approximate surface area is 77.1 Å². The Morgan fingerprint density at radius 2 is 2.38 bits per heavy atom. The van der Waals surface area contributed by atoms with Gasteiger partial charge < -0.3 is 5.21 Å². The maximum absolute atomic E-state index is 8.76. The Kier molecular flexibility index (Phi) is 2.25. The molecule has 2 rings (SSSR count). The van der Waals surface area contributed by atoms with Crippen molar-refractivity contribution in [3.8, 4) is 0 Å². The monoisotopic (exact) mass is 176 g/mol. The number of rotatable bonds is 1. The number of pyridine rings is 1. The summed E-state index contributed by atoms with van der Waals surface area (Å²) in [6.07, 6.45) is 4.83. The maximum atomic E-state index is 8.76. The zero-order chi connectivity index (χ0) is 9.10. The van der Waals surface area contributed by atoms with Crippen molar-refractivity contribution in [1.29, 1.82) is 0 Å². The molecule has 0 saturated heterocycles. The summed E-state index contributed by atoms with van der Waals surface area (Å²) in [5, 5.41) is 12.1. The molecule has 0 aromatic carbocycles. The molecule has 13 heavy (non-hydrogen) atoms. The van der Waals surface area contributed by atoms with Crippen LogP contribution < -0.4 is 0 Å². The van der Waals surface area contributed by atoms with Gasteiger partial charge in [-0.15, -0.1) is 0 Å². The molecular formula is C10H12N2O. The Hall–Kier alpha value is -1.38. The summed E-state index contributed by atoms with van der Waals surface area (Å²) in [5.74, 6) is 0.242. The normalized spacial score (nSPS) is 25.2. The molecule has 1 atom stereocenters. The number of aromatic nitrogens is 1. The molecule has 1 fully saturated rings. The predicted molar refractivity (Wildman–Crippen MR) is 50.1 cm³/mol. The van der Waals surface area contributed by atoms with E-state index in [0.29, 0.717) is 0 Å². The number of hydrogen-bond acceptors (Lipinski definition) is 3. The highest BCUT2D eigenvalue weighted by Crippen LogP contribution is 2.30. The fraction of sp³-hybridized carbons (Fsp3) is 0.400. The standard InChI is InChI=1S/C10H12N2O/c13-12-10-6-3-4-8(10)9-5-1-2-7-11-9/h1-2,5,7-8,13H,3-4,6H2/b12-10+/t8-/m1/s1. The lowest BCUT2D eigenvalue weighted by molar-refractivity contribution is 0.316. The fourth-order valence-corrected chi connectivity index (χ4v) is 1.85. The fourth-order valence-electron chi connectivity index (χ4n) is 1.85. The molecule has 3 heteroatoms. The Bertz CT molecular complexity index is 308. The van der Waals surface area contributed by atoms with Gasteiger partial charge in [0, 0.05) is 17.8 Å². The SMILES string of the molecule is O/N=C1\CCC[C@@H]1c1ccccn1. The van der Waals surface area contributed by atoms with E-state index in [1.54, 1.807) is 6.20 Å². The first-order valence-corrected chi connectivity index (χ1v) is 4.53. The highest BCUT2D eigenvalue weighted by molar-refractivity contribution is 5.91. The average Bonchev–Trinajstić information content (AvgIpc) is 2.67. The van der Waals surface area contributed by atoms with E-state index in [2.05, 4.69) is 10.1 Å². The van der Waals surface area contributed by atoms with Crippen LogP contribution in [0.2, 0.25) is 0 Å². The van der Waals surface area contributed by atoms with E-state index in [1.807, 2.05) is 18.2 Å². The van der Waals surface area contributed by atoms with E-state index < -0.39 is 0 Å². The van der Waals surface area contributed by atoms with E-state index in [1.165, 1.54) is 0 Å². The second kappa shape index (κ2) is 3.56. The largest absolute Gasteiger partial charge is 0.411 e. The average molecular weight is 176 g/mol. The van der Waals surface area contributed by atoms with Crippen molar-refractivity contribution in [1.82, 2.24) is 4.98 Å². The van der Waals surface area contributed by atoms with Crippen molar-refractivity contribution >= 4 is 5.71 Å². The first-order chi connectivity index (χ1) is 6.42. The van der Waals surface area contributed by atoms with E-state index in [-0.39, 0.29) is 5.92 Å². The van der Waals surface area contributed by atoms with E-state index >= 15 is 0 Å². The summed E-state index contributed by atoms with van der Waals surface area (Å²) in [6, 6.07) is 5.85. The molecule has 3 nitrogen and oxygen atoms in total. The van der Waals surface area contributed by atoms with Crippen LogP contribution in [0.15, 0.2) is 29.6 Å². The molecule has 0 spiro atoms. The van der Waals surface area contributed by atoms with Crippen LogP contribution in [0.3, 0.4) is 0 Å². The number of oxime groups is 1. The third-order valence-electron chi connectivity index (χ3n) is 2.50. The van der Waals surface area contributed by atoms with Gasteiger partial charge in [0.05, 0.1) is 5.71 Å². The number of hydrogen-bond donors (Lipinski definition) is 1.